The molecule has 8 heteroatoms. The third kappa shape index (κ3) is 2.69. The molecule has 3 N–H and O–H groups in total. The van der Waals surface area contributed by atoms with Gasteiger partial charge < -0.3 is 10.5 Å². The highest BCUT2D eigenvalue weighted by Crippen LogP contribution is 2.27. The smallest absolute Gasteiger partial charge is 0.425 e. The van der Waals surface area contributed by atoms with E-state index in [4.69, 9.17) is 15.9 Å². The van der Waals surface area contributed by atoms with Gasteiger partial charge in [0.1, 0.15) is 11.4 Å². The molecular weight excluding hydrogens is 237 g/mol. The number of aryl methyl sites for hydroxylation is 2. The molecule has 5 nitrogen and oxygen atoms in total. The number of alkyl halides is 3. The van der Waals surface area contributed by atoms with Crippen molar-refractivity contribution in [3.8, 4) is 5.88 Å². The van der Waals surface area contributed by atoms with Gasteiger partial charge in [0.15, 0.2) is 6.10 Å². The van der Waals surface area contributed by atoms with Crippen LogP contribution in [0.1, 0.15) is 18.2 Å². The Bertz CT molecular complexity index is 438. The van der Waals surface area contributed by atoms with Gasteiger partial charge in [0.2, 0.25) is 5.88 Å². The number of nitrogens with zero attached hydrogens (tertiary/aromatic N) is 2. The lowest BCUT2D eigenvalue weighted by Gasteiger charge is -2.18. The molecule has 0 aliphatic heterocycles. The highest BCUT2D eigenvalue weighted by atomic mass is 19.4. The fraction of sp³-hybridized carbons (Fsp3) is 0.556. The Morgan fingerprint density at radius 1 is 1.53 bits per heavy atom. The molecule has 0 saturated heterocycles. The Morgan fingerprint density at radius 3 is 2.47 bits per heavy atom. The fourth-order valence-corrected chi connectivity index (χ4v) is 1.32. The van der Waals surface area contributed by atoms with E-state index >= 15 is 0 Å². The molecule has 0 radical (unpaired) electrons. The summed E-state index contributed by atoms with van der Waals surface area (Å²) in [5, 5.41) is 11.2. The minimum absolute atomic E-state index is 0.0867. The van der Waals surface area contributed by atoms with Crippen molar-refractivity contribution in [1.82, 2.24) is 9.78 Å². The number of halogens is 3. The third-order valence-electron chi connectivity index (χ3n) is 2.19. The van der Waals surface area contributed by atoms with Crippen molar-refractivity contribution >= 4 is 5.84 Å². The van der Waals surface area contributed by atoms with Crippen molar-refractivity contribution in [3.63, 3.8) is 0 Å². The molecule has 1 heterocycles. The monoisotopic (exact) mass is 250 g/mol. The highest BCUT2D eigenvalue weighted by Gasteiger charge is 2.39. The normalized spacial score (nSPS) is 13.5. The zero-order valence-electron chi connectivity index (χ0n) is 9.59. The Kier molecular flexibility index (Phi) is 3.35. The number of nitrogens with one attached hydrogen (secondary N) is 1. The topological polar surface area (TPSA) is 76.9 Å². The van der Waals surface area contributed by atoms with Crippen LogP contribution in [-0.4, -0.2) is 27.9 Å². The SMILES string of the molecule is Cc1nn(C)c(OC(C)C(F)(F)F)c1C(=N)N. The van der Waals surface area contributed by atoms with Crippen LogP contribution in [0.3, 0.4) is 0 Å². The largest absolute Gasteiger partial charge is 0.465 e. The molecule has 96 valence electrons. The van der Waals surface area contributed by atoms with Gasteiger partial charge in [-0.2, -0.15) is 18.3 Å². The first-order chi connectivity index (χ1) is 7.64. The molecule has 0 fully saturated rings. The molecule has 0 amide bonds. The van der Waals surface area contributed by atoms with E-state index in [1.165, 1.54) is 7.05 Å². The van der Waals surface area contributed by atoms with Gasteiger partial charge in [-0.05, 0) is 13.8 Å². The van der Waals surface area contributed by atoms with Gasteiger partial charge in [0.05, 0.1) is 5.69 Å². The summed E-state index contributed by atoms with van der Waals surface area (Å²) in [5.74, 6) is -0.528. The zero-order chi connectivity index (χ0) is 13.4. The molecule has 1 aromatic rings. The van der Waals surface area contributed by atoms with Crippen LogP contribution in [0, 0.1) is 12.3 Å². The highest BCUT2D eigenvalue weighted by molar-refractivity contribution is 5.98. The van der Waals surface area contributed by atoms with Crippen molar-refractivity contribution in [2.24, 2.45) is 12.8 Å². The Balaban J connectivity index is 3.10. The second kappa shape index (κ2) is 4.27. The van der Waals surface area contributed by atoms with E-state index in [0.29, 0.717) is 5.69 Å². The Labute approximate surface area is 95.9 Å². The lowest BCUT2D eigenvalue weighted by molar-refractivity contribution is -0.190. The second-order valence-electron chi connectivity index (χ2n) is 3.60. The van der Waals surface area contributed by atoms with Crippen molar-refractivity contribution in [1.29, 1.82) is 5.41 Å². The van der Waals surface area contributed by atoms with Crippen LogP contribution in [0.15, 0.2) is 0 Å². The van der Waals surface area contributed by atoms with Crippen LogP contribution < -0.4 is 10.5 Å². The summed E-state index contributed by atoms with van der Waals surface area (Å²) in [6.45, 7) is 2.42. The summed E-state index contributed by atoms with van der Waals surface area (Å²) in [5.41, 5.74) is 5.72. The Morgan fingerprint density at radius 2 is 2.06 bits per heavy atom. The molecule has 1 rings (SSSR count). The number of aromatic nitrogens is 2. The van der Waals surface area contributed by atoms with Crippen LogP contribution >= 0.6 is 0 Å². The molecule has 0 aliphatic rings. The maximum atomic E-state index is 12.4. The van der Waals surface area contributed by atoms with Gasteiger partial charge in [-0.3, -0.25) is 5.41 Å². The van der Waals surface area contributed by atoms with Gasteiger partial charge in [-0.1, -0.05) is 0 Å². The molecule has 1 atom stereocenters. The van der Waals surface area contributed by atoms with E-state index < -0.39 is 12.3 Å². The third-order valence-corrected chi connectivity index (χ3v) is 2.19. The molecule has 1 unspecified atom stereocenters. The van der Waals surface area contributed by atoms with E-state index in [1.54, 1.807) is 6.92 Å². The summed E-state index contributed by atoms with van der Waals surface area (Å²) in [4.78, 5) is 0. The van der Waals surface area contributed by atoms with Gasteiger partial charge >= 0.3 is 6.18 Å². The maximum absolute atomic E-state index is 12.4. The maximum Gasteiger partial charge on any atom is 0.425 e. The van der Waals surface area contributed by atoms with Gasteiger partial charge in [-0.15, -0.1) is 0 Å². The quantitative estimate of drug-likeness (QED) is 0.627. The van der Waals surface area contributed by atoms with Gasteiger partial charge in [0, 0.05) is 7.05 Å². The molecule has 17 heavy (non-hydrogen) atoms. The first-order valence-corrected chi connectivity index (χ1v) is 4.76. The molecule has 0 aromatic carbocycles. The van der Waals surface area contributed by atoms with E-state index in [0.717, 1.165) is 11.6 Å². The summed E-state index contributed by atoms with van der Waals surface area (Å²) >= 11 is 0. The number of amidine groups is 1. The average Bonchev–Trinajstić information content (AvgIpc) is 2.39. The van der Waals surface area contributed by atoms with E-state index in [9.17, 15) is 13.2 Å². The van der Waals surface area contributed by atoms with Gasteiger partial charge in [-0.25, -0.2) is 4.68 Å². The molecule has 0 saturated carbocycles. The van der Waals surface area contributed by atoms with E-state index in [2.05, 4.69) is 5.10 Å². The number of hydrogen-bond acceptors (Lipinski definition) is 3. The second-order valence-corrected chi connectivity index (χ2v) is 3.60. The number of nitrogen functional groups attached to an aromatic ring is 1. The number of nitrogens with two attached hydrogens (primary N) is 1. The van der Waals surface area contributed by atoms with Crippen LogP contribution in [0.5, 0.6) is 5.88 Å². The molecule has 0 aliphatic carbocycles. The lowest BCUT2D eigenvalue weighted by Crippen LogP contribution is -2.32. The molecule has 1 aromatic heterocycles. The van der Waals surface area contributed by atoms with Crippen molar-refractivity contribution in [3.05, 3.63) is 11.3 Å². The molecular formula is C9H13F3N4O. The van der Waals surface area contributed by atoms with Crippen molar-refractivity contribution in [2.45, 2.75) is 26.1 Å². The van der Waals surface area contributed by atoms with Gasteiger partial charge in [0.25, 0.3) is 0 Å². The Hall–Kier alpha value is -1.73. The first-order valence-electron chi connectivity index (χ1n) is 4.76. The standard InChI is InChI=1S/C9H13F3N4O/c1-4-6(7(13)14)8(16(3)15-4)17-5(2)9(10,11)12/h5H,1-3H3,(H3,13,14). The molecule has 0 bridgehead atoms. The van der Waals surface area contributed by atoms with E-state index in [1.807, 2.05) is 0 Å². The zero-order valence-corrected chi connectivity index (χ0v) is 9.59. The lowest BCUT2D eigenvalue weighted by atomic mass is 10.2. The van der Waals surface area contributed by atoms with Crippen molar-refractivity contribution in [2.75, 3.05) is 0 Å². The number of ether oxygens (including phenoxy) is 1. The van der Waals surface area contributed by atoms with E-state index in [-0.39, 0.29) is 17.3 Å². The first kappa shape index (κ1) is 13.3. The minimum Gasteiger partial charge on any atom is -0.465 e. The average molecular weight is 250 g/mol. The van der Waals surface area contributed by atoms with Crippen LogP contribution in [-0.2, 0) is 7.05 Å². The summed E-state index contributed by atoms with van der Waals surface area (Å²) in [7, 11) is 1.43. The predicted octanol–water partition coefficient (Wildman–Crippen LogP) is 1.34. The predicted molar refractivity (Wildman–Crippen MR) is 55.1 cm³/mol. The minimum atomic E-state index is -4.48. The van der Waals surface area contributed by atoms with Crippen molar-refractivity contribution < 1.29 is 17.9 Å². The molecule has 0 spiro atoms. The van der Waals surface area contributed by atoms with Crippen LogP contribution in [0.25, 0.3) is 0 Å². The number of hydrogen-bond donors (Lipinski definition) is 2. The van der Waals surface area contributed by atoms with Crippen LogP contribution in [0.2, 0.25) is 0 Å². The fourth-order valence-electron chi connectivity index (χ4n) is 1.32. The van der Waals surface area contributed by atoms with Crippen LogP contribution in [0.4, 0.5) is 13.2 Å². The summed E-state index contributed by atoms with van der Waals surface area (Å²) in [6, 6.07) is 0. The number of rotatable bonds is 3. The summed E-state index contributed by atoms with van der Waals surface area (Å²) in [6.07, 6.45) is -6.47. The summed E-state index contributed by atoms with van der Waals surface area (Å²) < 4.78 is 43.0.